The lowest BCUT2D eigenvalue weighted by molar-refractivity contribution is 0.168. The van der Waals surface area contributed by atoms with Gasteiger partial charge in [-0.1, -0.05) is 19.1 Å². The van der Waals surface area contributed by atoms with Crippen LogP contribution in [0.3, 0.4) is 0 Å². The molecule has 0 bridgehead atoms. The number of fused-ring (bicyclic) bond motifs is 2. The fourth-order valence-corrected chi connectivity index (χ4v) is 4.93. The Bertz CT molecular complexity index is 1690. The molecule has 5 aromatic rings. The number of pyridine rings is 1. The summed E-state index contributed by atoms with van der Waals surface area (Å²) in [5, 5.41) is 13.6. The van der Waals surface area contributed by atoms with Crippen molar-refractivity contribution in [3.8, 4) is 11.5 Å². The third kappa shape index (κ3) is 4.84. The summed E-state index contributed by atoms with van der Waals surface area (Å²) in [5.41, 5.74) is 1.21. The lowest BCUT2D eigenvalue weighted by Crippen LogP contribution is -2.38. The van der Waals surface area contributed by atoms with E-state index in [1.165, 1.54) is 12.1 Å². The Morgan fingerprint density at radius 2 is 1.88 bits per heavy atom. The monoisotopic (exact) mass is 544 g/mol. The standard InChI is InChI=1S/C29H29FN6O4/c1-4-29(2,3)36-27(32-33-34-36)26(22-12-19-13-24-25(40-17-39-24)14-23(19)31-28(22)37)35(16-21-6-5-11-38-21)15-18-7-9-20(30)10-8-18/h5-14,26H,4,15-17H2,1-3H3,(H,31,37)/t26-/m0/s1. The van der Waals surface area contributed by atoms with Gasteiger partial charge in [0.25, 0.3) is 5.56 Å². The highest BCUT2D eigenvalue weighted by Gasteiger charge is 2.35. The first-order valence-corrected chi connectivity index (χ1v) is 13.1. The zero-order valence-electron chi connectivity index (χ0n) is 22.4. The van der Waals surface area contributed by atoms with Crippen LogP contribution >= 0.6 is 0 Å². The molecule has 1 N–H and O–H groups in total. The summed E-state index contributed by atoms with van der Waals surface area (Å²) in [4.78, 5) is 18.9. The Morgan fingerprint density at radius 3 is 2.60 bits per heavy atom. The Kier molecular flexibility index (Phi) is 6.59. The number of H-pyrrole nitrogens is 1. The summed E-state index contributed by atoms with van der Waals surface area (Å²) in [7, 11) is 0. The first-order chi connectivity index (χ1) is 19.3. The van der Waals surface area contributed by atoms with E-state index in [9.17, 15) is 9.18 Å². The minimum Gasteiger partial charge on any atom is -0.468 e. The van der Waals surface area contributed by atoms with Crippen LogP contribution in [0.4, 0.5) is 4.39 Å². The van der Waals surface area contributed by atoms with Gasteiger partial charge in [-0.05, 0) is 72.7 Å². The van der Waals surface area contributed by atoms with E-state index >= 15 is 0 Å². The van der Waals surface area contributed by atoms with Crippen molar-refractivity contribution in [3.05, 3.63) is 99.7 Å². The number of tetrazole rings is 1. The molecule has 40 heavy (non-hydrogen) atoms. The molecule has 0 fully saturated rings. The highest BCUT2D eigenvalue weighted by atomic mass is 19.1. The van der Waals surface area contributed by atoms with Crippen LogP contribution in [0.5, 0.6) is 11.5 Å². The number of hydrogen-bond acceptors (Lipinski definition) is 8. The van der Waals surface area contributed by atoms with Crippen LogP contribution in [0.25, 0.3) is 10.9 Å². The highest BCUT2D eigenvalue weighted by molar-refractivity contribution is 5.83. The molecule has 206 valence electrons. The largest absolute Gasteiger partial charge is 0.468 e. The van der Waals surface area contributed by atoms with Gasteiger partial charge in [-0.15, -0.1) is 5.10 Å². The molecular formula is C29H29FN6O4. The maximum atomic E-state index is 13.8. The summed E-state index contributed by atoms with van der Waals surface area (Å²) in [6.45, 7) is 6.99. The van der Waals surface area contributed by atoms with E-state index in [4.69, 9.17) is 13.9 Å². The lowest BCUT2D eigenvalue weighted by Gasteiger charge is -2.33. The predicted molar refractivity (Wildman–Crippen MR) is 144 cm³/mol. The number of aromatic amines is 1. The van der Waals surface area contributed by atoms with E-state index in [-0.39, 0.29) is 18.2 Å². The summed E-state index contributed by atoms with van der Waals surface area (Å²) in [6, 6.07) is 14.8. The number of ether oxygens (including phenoxy) is 2. The van der Waals surface area contributed by atoms with Gasteiger partial charge in [0.2, 0.25) is 6.79 Å². The lowest BCUT2D eigenvalue weighted by atomic mass is 9.98. The molecule has 4 heterocycles. The molecule has 0 aliphatic carbocycles. The molecule has 11 heteroatoms. The Morgan fingerprint density at radius 1 is 1.10 bits per heavy atom. The van der Waals surface area contributed by atoms with Crippen LogP contribution in [0.15, 0.2) is 70.1 Å². The molecule has 0 amide bonds. The highest BCUT2D eigenvalue weighted by Crippen LogP contribution is 2.37. The van der Waals surface area contributed by atoms with E-state index in [1.54, 1.807) is 29.1 Å². The van der Waals surface area contributed by atoms with Crippen molar-refractivity contribution in [2.45, 2.75) is 51.9 Å². The number of benzene rings is 2. The van der Waals surface area contributed by atoms with E-state index in [2.05, 4.69) is 32.3 Å². The van der Waals surface area contributed by atoms with Crippen molar-refractivity contribution in [1.82, 2.24) is 30.1 Å². The maximum absolute atomic E-state index is 13.8. The summed E-state index contributed by atoms with van der Waals surface area (Å²) in [6.07, 6.45) is 2.36. The maximum Gasteiger partial charge on any atom is 0.253 e. The smallest absolute Gasteiger partial charge is 0.253 e. The molecule has 2 aromatic carbocycles. The predicted octanol–water partition coefficient (Wildman–Crippen LogP) is 4.91. The van der Waals surface area contributed by atoms with Crippen molar-refractivity contribution in [1.29, 1.82) is 0 Å². The molecule has 0 spiro atoms. The molecule has 1 aliphatic rings. The first kappa shape index (κ1) is 25.8. The van der Waals surface area contributed by atoms with E-state index in [0.29, 0.717) is 47.3 Å². The summed E-state index contributed by atoms with van der Waals surface area (Å²) in [5.74, 6) is 2.07. The molecule has 1 aliphatic heterocycles. The average molecular weight is 545 g/mol. The second-order valence-electron chi connectivity index (χ2n) is 10.5. The fourth-order valence-electron chi connectivity index (χ4n) is 4.93. The molecule has 6 rings (SSSR count). The Labute approximate surface area is 229 Å². The summed E-state index contributed by atoms with van der Waals surface area (Å²) < 4.78 is 32.4. The molecule has 3 aromatic heterocycles. The van der Waals surface area contributed by atoms with Gasteiger partial charge in [-0.2, -0.15) is 0 Å². The molecule has 0 saturated carbocycles. The van der Waals surface area contributed by atoms with Gasteiger partial charge in [0.05, 0.1) is 23.9 Å². The van der Waals surface area contributed by atoms with Gasteiger partial charge >= 0.3 is 0 Å². The van der Waals surface area contributed by atoms with Crippen molar-refractivity contribution in [3.63, 3.8) is 0 Å². The van der Waals surface area contributed by atoms with Crippen LogP contribution in [0, 0.1) is 5.82 Å². The second-order valence-corrected chi connectivity index (χ2v) is 10.5. The van der Waals surface area contributed by atoms with Crippen LogP contribution in [-0.2, 0) is 18.6 Å². The molecule has 0 unspecified atom stereocenters. The van der Waals surface area contributed by atoms with Gasteiger partial charge in [0, 0.05) is 23.6 Å². The number of hydrogen-bond donors (Lipinski definition) is 1. The zero-order valence-corrected chi connectivity index (χ0v) is 22.4. The zero-order chi connectivity index (χ0) is 27.9. The first-order valence-electron chi connectivity index (χ1n) is 13.1. The number of rotatable bonds is 9. The minimum atomic E-state index is -0.686. The molecule has 0 saturated heterocycles. The van der Waals surface area contributed by atoms with Crippen LogP contribution in [-0.4, -0.2) is 36.9 Å². The Balaban J connectivity index is 1.55. The van der Waals surface area contributed by atoms with Crippen molar-refractivity contribution in [2.24, 2.45) is 0 Å². The van der Waals surface area contributed by atoms with Crippen LogP contribution in [0.2, 0.25) is 0 Å². The summed E-state index contributed by atoms with van der Waals surface area (Å²) >= 11 is 0. The fraction of sp³-hybridized carbons (Fsp3) is 0.310. The molecular weight excluding hydrogens is 515 g/mol. The number of halogens is 1. The average Bonchev–Trinajstić information content (AvgIpc) is 3.72. The molecule has 1 atom stereocenters. The number of aromatic nitrogens is 5. The van der Waals surface area contributed by atoms with Crippen LogP contribution in [0.1, 0.15) is 55.9 Å². The van der Waals surface area contributed by atoms with E-state index in [1.807, 2.05) is 38.1 Å². The third-order valence-corrected chi connectivity index (χ3v) is 7.44. The quantitative estimate of drug-likeness (QED) is 0.279. The van der Waals surface area contributed by atoms with Gasteiger partial charge in [-0.25, -0.2) is 9.07 Å². The second kappa shape index (κ2) is 10.2. The topological polar surface area (TPSA) is 111 Å². The number of nitrogens with one attached hydrogen (secondary N) is 1. The van der Waals surface area contributed by atoms with Gasteiger partial charge in [-0.3, -0.25) is 9.69 Å². The molecule has 0 radical (unpaired) electrons. The van der Waals surface area contributed by atoms with Crippen molar-refractivity contribution < 1.29 is 18.3 Å². The van der Waals surface area contributed by atoms with E-state index < -0.39 is 11.6 Å². The van der Waals surface area contributed by atoms with Gasteiger partial charge < -0.3 is 18.9 Å². The van der Waals surface area contributed by atoms with Gasteiger partial charge in [0.15, 0.2) is 17.3 Å². The Hall–Kier alpha value is -4.51. The third-order valence-electron chi connectivity index (χ3n) is 7.44. The van der Waals surface area contributed by atoms with Crippen molar-refractivity contribution >= 4 is 10.9 Å². The molecule has 10 nitrogen and oxygen atoms in total. The van der Waals surface area contributed by atoms with Crippen LogP contribution < -0.4 is 15.0 Å². The number of furan rings is 1. The van der Waals surface area contributed by atoms with Gasteiger partial charge in [0.1, 0.15) is 17.6 Å². The SMILES string of the molecule is CCC(C)(C)n1nnnc1[C@H](c1cc2cc3c(cc2[nH]c1=O)OCO3)N(Cc1ccc(F)cc1)Cc1ccco1. The minimum absolute atomic E-state index is 0.126. The number of nitrogens with zero attached hydrogens (tertiary/aromatic N) is 5. The van der Waals surface area contributed by atoms with Crippen molar-refractivity contribution in [2.75, 3.05) is 6.79 Å². The normalized spacial score (nSPS) is 13.8. The van der Waals surface area contributed by atoms with E-state index in [0.717, 1.165) is 17.4 Å².